The van der Waals surface area contributed by atoms with E-state index in [1.54, 1.807) is 27.7 Å². The Bertz CT molecular complexity index is 662. The van der Waals surface area contributed by atoms with Gasteiger partial charge >= 0.3 is 5.97 Å². The van der Waals surface area contributed by atoms with Crippen LogP contribution in [0.5, 0.6) is 0 Å². The molecule has 0 aliphatic rings. The van der Waals surface area contributed by atoms with Crippen LogP contribution in [-0.4, -0.2) is 65.5 Å². The van der Waals surface area contributed by atoms with Gasteiger partial charge in [-0.2, -0.15) is 0 Å². The molecule has 4 atom stereocenters. The number of nitrogens with two attached hydrogens (primary N) is 3. The zero-order chi connectivity index (χ0) is 24.3. The summed E-state index contributed by atoms with van der Waals surface area (Å²) in [6.45, 7) is 8.55. The van der Waals surface area contributed by atoms with E-state index in [4.69, 9.17) is 17.2 Å². The topological polar surface area (TPSA) is 215 Å². The second-order valence-electron chi connectivity index (χ2n) is 8.08. The zero-order valence-electron chi connectivity index (χ0n) is 18.8. The third kappa shape index (κ3) is 10.6. The Morgan fingerprint density at radius 1 is 0.839 bits per heavy atom. The van der Waals surface area contributed by atoms with Gasteiger partial charge < -0.3 is 38.3 Å². The molecule has 12 heteroatoms. The van der Waals surface area contributed by atoms with Crippen molar-refractivity contribution in [2.24, 2.45) is 34.0 Å². The van der Waals surface area contributed by atoms with Crippen LogP contribution in [0.25, 0.3) is 0 Å². The SMILES string of the molecule is CC(NC(=O)C(NC(=O)C(N)CCCN=C(N)N)C(C)C)C(=O)NC(C(=O)O)C(C)C. The Balaban J connectivity index is 4.89. The molecule has 0 rings (SSSR count). The highest BCUT2D eigenvalue weighted by atomic mass is 16.4. The van der Waals surface area contributed by atoms with Gasteiger partial charge in [0.2, 0.25) is 17.7 Å². The van der Waals surface area contributed by atoms with Crippen molar-refractivity contribution in [3.63, 3.8) is 0 Å². The van der Waals surface area contributed by atoms with Gasteiger partial charge in [0.15, 0.2) is 5.96 Å². The van der Waals surface area contributed by atoms with E-state index in [2.05, 4.69) is 20.9 Å². The van der Waals surface area contributed by atoms with Crippen molar-refractivity contribution in [2.75, 3.05) is 6.54 Å². The van der Waals surface area contributed by atoms with Gasteiger partial charge in [-0.05, 0) is 31.6 Å². The number of hydrogen-bond acceptors (Lipinski definition) is 6. The fraction of sp³-hybridized carbons (Fsp3) is 0.737. The third-order valence-electron chi connectivity index (χ3n) is 4.53. The summed E-state index contributed by atoms with van der Waals surface area (Å²) in [6.07, 6.45) is 0.808. The average Bonchev–Trinajstić information content (AvgIpc) is 2.65. The standard InChI is InChI=1S/C19H37N7O5/c1-9(2)13(25-16(28)12(20)7-6-8-23-19(21)22)17(29)24-11(5)15(27)26-14(10(3)4)18(30)31/h9-14H,6-8,20H2,1-5H3,(H,24,29)(H,25,28)(H,26,27)(H,30,31)(H4,21,22,23). The number of carboxylic acid groups (broad SMARTS) is 1. The quantitative estimate of drug-likeness (QED) is 0.0980. The van der Waals surface area contributed by atoms with Crippen molar-refractivity contribution in [3.8, 4) is 0 Å². The van der Waals surface area contributed by atoms with E-state index in [1.807, 2.05) is 0 Å². The summed E-state index contributed by atoms with van der Waals surface area (Å²) >= 11 is 0. The van der Waals surface area contributed by atoms with Crippen molar-refractivity contribution in [1.82, 2.24) is 16.0 Å². The predicted molar refractivity (Wildman–Crippen MR) is 117 cm³/mol. The summed E-state index contributed by atoms with van der Waals surface area (Å²) in [5.74, 6) is -3.55. The molecule has 0 aliphatic heterocycles. The summed E-state index contributed by atoms with van der Waals surface area (Å²) in [4.78, 5) is 52.3. The maximum absolute atomic E-state index is 12.6. The first-order chi connectivity index (χ1) is 14.3. The lowest BCUT2D eigenvalue weighted by Gasteiger charge is -2.26. The number of carboxylic acids is 1. The van der Waals surface area contributed by atoms with Crippen molar-refractivity contribution in [3.05, 3.63) is 0 Å². The molecule has 0 bridgehead atoms. The van der Waals surface area contributed by atoms with Crippen LogP contribution in [0.4, 0.5) is 0 Å². The Kier molecular flexibility index (Phi) is 12.2. The Morgan fingerprint density at radius 3 is 1.81 bits per heavy atom. The van der Waals surface area contributed by atoms with Gasteiger partial charge in [-0.3, -0.25) is 19.4 Å². The van der Waals surface area contributed by atoms with E-state index in [0.717, 1.165) is 0 Å². The number of carbonyl (C=O) groups excluding carboxylic acids is 3. The number of rotatable bonds is 13. The lowest BCUT2D eigenvalue weighted by atomic mass is 10.0. The molecule has 0 aromatic carbocycles. The minimum atomic E-state index is -1.16. The number of guanidine groups is 1. The number of carbonyl (C=O) groups is 4. The molecular formula is C19H37N7O5. The van der Waals surface area contributed by atoms with Crippen LogP contribution in [0.3, 0.4) is 0 Å². The van der Waals surface area contributed by atoms with Crippen molar-refractivity contribution < 1.29 is 24.3 Å². The van der Waals surface area contributed by atoms with Crippen molar-refractivity contribution in [1.29, 1.82) is 0 Å². The fourth-order valence-electron chi connectivity index (χ4n) is 2.61. The van der Waals surface area contributed by atoms with E-state index in [9.17, 15) is 24.3 Å². The van der Waals surface area contributed by atoms with Gasteiger partial charge in [-0.1, -0.05) is 27.7 Å². The maximum Gasteiger partial charge on any atom is 0.326 e. The first-order valence-electron chi connectivity index (χ1n) is 10.2. The molecule has 0 aliphatic carbocycles. The number of aliphatic imine (C=N–C) groups is 1. The van der Waals surface area contributed by atoms with Crippen molar-refractivity contribution in [2.45, 2.75) is 71.6 Å². The zero-order valence-corrected chi connectivity index (χ0v) is 18.8. The molecule has 3 amide bonds. The largest absolute Gasteiger partial charge is 0.480 e. The highest BCUT2D eigenvalue weighted by Crippen LogP contribution is 2.06. The molecule has 0 saturated heterocycles. The van der Waals surface area contributed by atoms with Crippen LogP contribution in [0.1, 0.15) is 47.5 Å². The van der Waals surface area contributed by atoms with Gasteiger partial charge in [0.25, 0.3) is 0 Å². The normalized spacial score (nSPS) is 14.8. The fourth-order valence-corrected chi connectivity index (χ4v) is 2.61. The lowest BCUT2D eigenvalue weighted by Crippen LogP contribution is -2.58. The van der Waals surface area contributed by atoms with Gasteiger partial charge in [-0.25, -0.2) is 4.79 Å². The van der Waals surface area contributed by atoms with Crippen LogP contribution in [0.2, 0.25) is 0 Å². The molecule has 0 radical (unpaired) electrons. The summed E-state index contributed by atoms with van der Waals surface area (Å²) in [6, 6.07) is -3.86. The molecule has 0 aromatic rings. The van der Waals surface area contributed by atoms with Crippen LogP contribution in [0.15, 0.2) is 4.99 Å². The highest BCUT2D eigenvalue weighted by Gasteiger charge is 2.30. The van der Waals surface area contributed by atoms with Gasteiger partial charge in [0.05, 0.1) is 6.04 Å². The number of nitrogens with zero attached hydrogens (tertiary/aromatic N) is 1. The predicted octanol–water partition coefficient (Wildman–Crippen LogP) is -1.76. The summed E-state index contributed by atoms with van der Waals surface area (Å²) < 4.78 is 0. The Morgan fingerprint density at radius 2 is 1.35 bits per heavy atom. The first kappa shape index (κ1) is 28.1. The first-order valence-corrected chi connectivity index (χ1v) is 10.2. The van der Waals surface area contributed by atoms with Gasteiger partial charge in [-0.15, -0.1) is 0 Å². The number of nitrogens with one attached hydrogen (secondary N) is 3. The van der Waals surface area contributed by atoms with E-state index in [-0.39, 0.29) is 17.8 Å². The van der Waals surface area contributed by atoms with E-state index in [1.165, 1.54) is 6.92 Å². The van der Waals surface area contributed by atoms with Gasteiger partial charge in [0.1, 0.15) is 18.1 Å². The van der Waals surface area contributed by atoms with Crippen LogP contribution < -0.4 is 33.2 Å². The maximum atomic E-state index is 12.6. The second kappa shape index (κ2) is 13.4. The molecule has 0 fully saturated rings. The lowest BCUT2D eigenvalue weighted by molar-refractivity contribution is -0.143. The molecule has 178 valence electrons. The average molecular weight is 444 g/mol. The summed E-state index contributed by atoms with van der Waals surface area (Å²) in [7, 11) is 0. The van der Waals surface area contributed by atoms with Crippen molar-refractivity contribution >= 4 is 29.7 Å². The Labute approximate surface area is 182 Å². The number of amides is 3. The van der Waals surface area contributed by atoms with Gasteiger partial charge in [0, 0.05) is 6.54 Å². The second-order valence-corrected chi connectivity index (χ2v) is 8.08. The van der Waals surface area contributed by atoms with E-state index in [0.29, 0.717) is 19.4 Å². The monoisotopic (exact) mass is 443 g/mol. The smallest absolute Gasteiger partial charge is 0.326 e. The Hall–Kier alpha value is -2.89. The van der Waals surface area contributed by atoms with Crippen LogP contribution in [-0.2, 0) is 19.2 Å². The van der Waals surface area contributed by atoms with Crippen LogP contribution >= 0.6 is 0 Å². The molecule has 4 unspecified atom stereocenters. The number of aliphatic carboxylic acids is 1. The number of hydrogen-bond donors (Lipinski definition) is 7. The molecule has 31 heavy (non-hydrogen) atoms. The molecule has 0 spiro atoms. The van der Waals surface area contributed by atoms with Crippen LogP contribution in [0, 0.1) is 11.8 Å². The highest BCUT2D eigenvalue weighted by molar-refractivity contribution is 5.94. The molecule has 10 N–H and O–H groups in total. The molecule has 0 aromatic heterocycles. The minimum absolute atomic E-state index is 0.0456. The summed E-state index contributed by atoms with van der Waals surface area (Å²) in [5, 5.41) is 16.7. The molecule has 0 saturated carbocycles. The molecule has 0 heterocycles. The van der Waals surface area contributed by atoms with E-state index >= 15 is 0 Å². The van der Waals surface area contributed by atoms with E-state index < -0.39 is 47.9 Å². The minimum Gasteiger partial charge on any atom is -0.480 e. The molecule has 12 nitrogen and oxygen atoms in total. The third-order valence-corrected chi connectivity index (χ3v) is 4.53. The molecular weight excluding hydrogens is 406 g/mol. The summed E-state index contributed by atoms with van der Waals surface area (Å²) in [5.41, 5.74) is 16.3.